The number of aromatic hydroxyl groups is 1. The molecule has 7 nitrogen and oxygen atoms in total. The molecule has 1 aromatic heterocycles. The van der Waals surface area contributed by atoms with Gasteiger partial charge >= 0.3 is 0 Å². The number of pyridine rings is 1. The number of carbonyl (C=O) groups is 2. The predicted octanol–water partition coefficient (Wildman–Crippen LogP) is -1.19. The number of aromatic nitrogens is 1. The Hall–Kier alpha value is -2.15. The highest BCUT2D eigenvalue weighted by molar-refractivity contribution is 5.96. The average molecular weight is 236 g/mol. The third-order valence-corrected chi connectivity index (χ3v) is 2.36. The topological polar surface area (TPSA) is 103 Å². The second-order valence-electron chi connectivity index (χ2n) is 3.60. The summed E-state index contributed by atoms with van der Waals surface area (Å²) in [6, 6.07) is 2.47. The summed E-state index contributed by atoms with van der Waals surface area (Å²) in [5, 5.41) is 17.3. The minimum Gasteiger partial charge on any atom is -0.504 e. The van der Waals surface area contributed by atoms with Gasteiger partial charge in [0.25, 0.3) is 0 Å². The molecule has 1 unspecified atom stereocenters. The van der Waals surface area contributed by atoms with Gasteiger partial charge in [0, 0.05) is 12.7 Å². The molecule has 0 aliphatic carbocycles. The first-order valence-electron chi connectivity index (χ1n) is 5.12. The number of nitrogens with zero attached hydrogens (tertiary/aromatic N) is 1. The summed E-state index contributed by atoms with van der Waals surface area (Å²) >= 11 is 0. The van der Waals surface area contributed by atoms with Gasteiger partial charge in [-0.1, -0.05) is 0 Å². The van der Waals surface area contributed by atoms with Crippen LogP contribution in [0, 0.1) is 0 Å². The van der Waals surface area contributed by atoms with E-state index in [4.69, 9.17) is 0 Å². The molecule has 1 atom stereocenters. The van der Waals surface area contributed by atoms with Crippen LogP contribution in [0.5, 0.6) is 5.75 Å². The van der Waals surface area contributed by atoms with Crippen LogP contribution >= 0.6 is 0 Å². The molecule has 2 heterocycles. The molecule has 0 saturated carbocycles. The van der Waals surface area contributed by atoms with Crippen LogP contribution in [-0.4, -0.2) is 41.0 Å². The Bertz CT molecular complexity index is 439. The van der Waals surface area contributed by atoms with E-state index in [1.54, 1.807) is 6.07 Å². The van der Waals surface area contributed by atoms with Crippen molar-refractivity contribution in [2.75, 3.05) is 18.4 Å². The Morgan fingerprint density at radius 3 is 3.06 bits per heavy atom. The summed E-state index contributed by atoms with van der Waals surface area (Å²) in [5.41, 5.74) is 0. The van der Waals surface area contributed by atoms with Gasteiger partial charge in [0.05, 0.1) is 6.54 Å². The van der Waals surface area contributed by atoms with Gasteiger partial charge < -0.3 is 15.7 Å². The fraction of sp³-hybridized carbons (Fsp3) is 0.300. The van der Waals surface area contributed by atoms with Gasteiger partial charge in [-0.3, -0.25) is 14.9 Å². The second kappa shape index (κ2) is 4.79. The minimum absolute atomic E-state index is 0.0966. The molecule has 1 fully saturated rings. The molecule has 0 aromatic carbocycles. The largest absolute Gasteiger partial charge is 0.504 e. The van der Waals surface area contributed by atoms with E-state index in [1.165, 1.54) is 12.3 Å². The third-order valence-electron chi connectivity index (χ3n) is 2.36. The van der Waals surface area contributed by atoms with Gasteiger partial charge in [0.15, 0.2) is 11.6 Å². The monoisotopic (exact) mass is 236 g/mol. The quantitative estimate of drug-likeness (QED) is 0.517. The van der Waals surface area contributed by atoms with E-state index in [0.29, 0.717) is 0 Å². The molecular formula is C10H12N4O3. The van der Waals surface area contributed by atoms with Crippen molar-refractivity contribution in [2.24, 2.45) is 0 Å². The number of piperazine rings is 1. The van der Waals surface area contributed by atoms with Gasteiger partial charge in [0.2, 0.25) is 11.8 Å². The Labute approximate surface area is 97.2 Å². The first-order valence-corrected chi connectivity index (χ1v) is 5.12. The van der Waals surface area contributed by atoms with E-state index >= 15 is 0 Å². The molecule has 0 bridgehead atoms. The summed E-state index contributed by atoms with van der Waals surface area (Å²) in [6.45, 7) is 0.324. The van der Waals surface area contributed by atoms with Gasteiger partial charge in [-0.05, 0) is 12.1 Å². The summed E-state index contributed by atoms with van der Waals surface area (Å²) in [7, 11) is 0. The van der Waals surface area contributed by atoms with Crippen LogP contribution in [0.15, 0.2) is 18.3 Å². The van der Waals surface area contributed by atoms with Crippen molar-refractivity contribution in [3.63, 3.8) is 0 Å². The molecule has 90 valence electrons. The zero-order valence-corrected chi connectivity index (χ0v) is 8.93. The first-order chi connectivity index (χ1) is 8.16. The molecule has 1 aromatic rings. The lowest BCUT2D eigenvalue weighted by molar-refractivity contribution is -0.124. The maximum atomic E-state index is 11.8. The lowest BCUT2D eigenvalue weighted by atomic mass is 10.2. The molecule has 1 aliphatic rings. The lowest BCUT2D eigenvalue weighted by Gasteiger charge is -2.22. The van der Waals surface area contributed by atoms with E-state index < -0.39 is 6.04 Å². The molecule has 4 N–H and O–H groups in total. The Morgan fingerprint density at radius 2 is 2.41 bits per heavy atom. The number of nitrogens with one attached hydrogen (secondary N) is 3. The predicted molar refractivity (Wildman–Crippen MR) is 59.3 cm³/mol. The van der Waals surface area contributed by atoms with Crippen LogP contribution in [0.4, 0.5) is 5.82 Å². The number of hydrogen-bond donors (Lipinski definition) is 4. The Balaban J connectivity index is 1.98. The fourth-order valence-corrected chi connectivity index (χ4v) is 1.45. The summed E-state index contributed by atoms with van der Waals surface area (Å²) in [5.74, 6) is -0.481. The zero-order valence-electron chi connectivity index (χ0n) is 8.93. The maximum absolute atomic E-state index is 11.8. The second-order valence-corrected chi connectivity index (χ2v) is 3.60. The van der Waals surface area contributed by atoms with Crippen LogP contribution in [-0.2, 0) is 9.59 Å². The van der Waals surface area contributed by atoms with Crippen LogP contribution in [0.2, 0.25) is 0 Å². The maximum Gasteiger partial charge on any atom is 0.244 e. The fourth-order valence-electron chi connectivity index (χ4n) is 1.45. The molecule has 0 radical (unpaired) electrons. The zero-order chi connectivity index (χ0) is 12.3. The van der Waals surface area contributed by atoms with E-state index in [9.17, 15) is 14.7 Å². The standard InChI is InChI=1S/C10H12N4O3/c15-7-2-1-3-11-9(7)14-10(17)6-4-13-8(16)5-12-6/h1-3,6,12,15H,4-5H2,(H,13,16)(H,11,14,17). The van der Waals surface area contributed by atoms with Crippen molar-refractivity contribution in [3.8, 4) is 5.75 Å². The van der Waals surface area contributed by atoms with Crippen molar-refractivity contribution in [2.45, 2.75) is 6.04 Å². The van der Waals surface area contributed by atoms with E-state index in [1.807, 2.05) is 0 Å². The van der Waals surface area contributed by atoms with Gasteiger partial charge in [-0.15, -0.1) is 0 Å². The highest BCUT2D eigenvalue weighted by atomic mass is 16.3. The molecule has 0 spiro atoms. The van der Waals surface area contributed by atoms with Crippen molar-refractivity contribution >= 4 is 17.6 Å². The van der Waals surface area contributed by atoms with Crippen LogP contribution in [0.3, 0.4) is 0 Å². The minimum atomic E-state index is -0.519. The third kappa shape index (κ3) is 2.70. The number of carbonyl (C=O) groups excluding carboxylic acids is 2. The van der Waals surface area contributed by atoms with Crippen molar-refractivity contribution in [3.05, 3.63) is 18.3 Å². The highest BCUT2D eigenvalue weighted by Crippen LogP contribution is 2.18. The van der Waals surface area contributed by atoms with Gasteiger partial charge in [-0.25, -0.2) is 4.98 Å². The van der Waals surface area contributed by atoms with E-state index in [0.717, 1.165) is 0 Å². The average Bonchev–Trinajstić information content (AvgIpc) is 2.33. The molecule has 1 aliphatic heterocycles. The molecule has 1 saturated heterocycles. The lowest BCUT2D eigenvalue weighted by Crippen LogP contribution is -2.56. The van der Waals surface area contributed by atoms with Crippen LogP contribution in [0.1, 0.15) is 0 Å². The van der Waals surface area contributed by atoms with Gasteiger partial charge in [0.1, 0.15) is 6.04 Å². The van der Waals surface area contributed by atoms with E-state index in [2.05, 4.69) is 20.9 Å². The molecule has 2 amide bonds. The van der Waals surface area contributed by atoms with Gasteiger partial charge in [-0.2, -0.15) is 0 Å². The van der Waals surface area contributed by atoms with Crippen LogP contribution in [0.25, 0.3) is 0 Å². The van der Waals surface area contributed by atoms with Crippen molar-refractivity contribution in [1.82, 2.24) is 15.6 Å². The number of hydrogen-bond acceptors (Lipinski definition) is 5. The molecular weight excluding hydrogens is 224 g/mol. The summed E-state index contributed by atoms with van der Waals surface area (Å²) < 4.78 is 0. The molecule has 2 rings (SSSR count). The number of anilines is 1. The SMILES string of the molecule is O=C1CNC(C(=O)Nc2ncccc2O)CN1. The number of rotatable bonds is 2. The smallest absolute Gasteiger partial charge is 0.244 e. The van der Waals surface area contributed by atoms with Crippen molar-refractivity contribution < 1.29 is 14.7 Å². The highest BCUT2D eigenvalue weighted by Gasteiger charge is 2.24. The first kappa shape index (κ1) is 11.3. The van der Waals surface area contributed by atoms with Crippen molar-refractivity contribution in [1.29, 1.82) is 0 Å². The molecule has 7 heteroatoms. The molecule has 17 heavy (non-hydrogen) atoms. The summed E-state index contributed by atoms with van der Waals surface area (Å²) in [6.07, 6.45) is 1.46. The Morgan fingerprint density at radius 1 is 1.59 bits per heavy atom. The normalized spacial score (nSPS) is 19.5. The summed E-state index contributed by atoms with van der Waals surface area (Å²) in [4.78, 5) is 26.5. The van der Waals surface area contributed by atoms with E-state index in [-0.39, 0.29) is 36.5 Å². The Kier molecular flexibility index (Phi) is 3.20. The van der Waals surface area contributed by atoms with Crippen LogP contribution < -0.4 is 16.0 Å². The number of amides is 2.